The summed E-state index contributed by atoms with van der Waals surface area (Å²) in [6.45, 7) is 6.26. The number of nitrogens with zero attached hydrogens (tertiary/aromatic N) is 7. The molecule has 1 aliphatic heterocycles. The summed E-state index contributed by atoms with van der Waals surface area (Å²) >= 11 is 0. The topological polar surface area (TPSA) is 93.9 Å². The van der Waals surface area contributed by atoms with Crippen LogP contribution in [0, 0.1) is 11.8 Å². The van der Waals surface area contributed by atoms with Crippen molar-refractivity contribution in [2.24, 2.45) is 0 Å². The van der Waals surface area contributed by atoms with Crippen LogP contribution in [0.15, 0.2) is 54.9 Å². The second-order valence-electron chi connectivity index (χ2n) is 10.3. The molecule has 0 spiro atoms. The molecule has 1 aliphatic rings. The number of urea groups is 1. The van der Waals surface area contributed by atoms with Crippen molar-refractivity contribution in [1.29, 1.82) is 0 Å². The molecule has 2 amide bonds. The number of hydrogen-bond donors (Lipinski definition) is 2. The van der Waals surface area contributed by atoms with E-state index in [0.717, 1.165) is 31.5 Å². The maximum absolute atomic E-state index is 14.0. The molecule has 1 fully saturated rings. The number of likely N-dealkylation sites (N-methyl/N-ethyl adjacent to an activating group) is 1. The van der Waals surface area contributed by atoms with Crippen LogP contribution in [0.4, 0.5) is 35.3 Å². The van der Waals surface area contributed by atoms with Crippen molar-refractivity contribution in [2.75, 3.05) is 62.4 Å². The smallest absolute Gasteiger partial charge is 0.361 e. The van der Waals surface area contributed by atoms with Crippen molar-refractivity contribution in [3.05, 3.63) is 77.2 Å². The van der Waals surface area contributed by atoms with Crippen molar-refractivity contribution in [3.8, 4) is 11.8 Å². The van der Waals surface area contributed by atoms with Gasteiger partial charge < -0.3 is 15.1 Å². The van der Waals surface area contributed by atoms with Crippen LogP contribution in [0.2, 0.25) is 0 Å². The maximum Gasteiger partial charge on any atom is 0.416 e. The number of halogens is 3. The normalized spacial score (nSPS) is 14.3. The van der Waals surface area contributed by atoms with Crippen molar-refractivity contribution in [3.63, 3.8) is 0 Å². The average Bonchev–Trinajstić information content (AvgIpc) is 3.39. The van der Waals surface area contributed by atoms with E-state index in [1.165, 1.54) is 18.3 Å². The van der Waals surface area contributed by atoms with E-state index >= 15 is 0 Å². The Morgan fingerprint density at radius 3 is 2.47 bits per heavy atom. The first-order valence-electron chi connectivity index (χ1n) is 13.8. The minimum Gasteiger partial charge on any atom is -0.361 e. The number of carbonyl (C=O) groups is 1. The van der Waals surface area contributed by atoms with E-state index in [-0.39, 0.29) is 23.6 Å². The van der Waals surface area contributed by atoms with Gasteiger partial charge in [0.05, 0.1) is 11.8 Å². The molecule has 0 unspecified atom stereocenters. The van der Waals surface area contributed by atoms with Gasteiger partial charge in [-0.2, -0.15) is 13.2 Å². The predicted octanol–water partition coefficient (Wildman–Crippen LogP) is 4.39. The second kappa shape index (κ2) is 12.7. The Balaban J connectivity index is 1.26. The lowest BCUT2D eigenvalue weighted by Crippen LogP contribution is -2.45. The Bertz CT molecular complexity index is 1660. The molecular weight excluding hydrogens is 559 g/mol. The molecule has 0 atom stereocenters. The van der Waals surface area contributed by atoms with Gasteiger partial charge in [0.25, 0.3) is 0 Å². The molecule has 0 aliphatic carbocycles. The van der Waals surface area contributed by atoms with Crippen molar-refractivity contribution >= 4 is 29.0 Å². The predicted molar refractivity (Wildman–Crippen MR) is 159 cm³/mol. The fourth-order valence-corrected chi connectivity index (χ4v) is 4.74. The molecule has 1 saturated heterocycles. The SMILES string of the molecule is CCN1CCN(Cc2ccc(NC(=O)Nc3cc(C#Cc4cnc5ccc(N(C)C)nn45)ccn3)cc2C(F)(F)F)CC1. The Morgan fingerprint density at radius 1 is 0.977 bits per heavy atom. The van der Waals surface area contributed by atoms with Crippen LogP contribution in [0.5, 0.6) is 0 Å². The molecule has 2 N–H and O–H groups in total. The quantitative estimate of drug-likeness (QED) is 0.322. The number of alkyl halides is 3. The highest BCUT2D eigenvalue weighted by Gasteiger charge is 2.34. The van der Waals surface area contributed by atoms with Gasteiger partial charge in [0.15, 0.2) is 5.65 Å². The molecule has 13 heteroatoms. The summed E-state index contributed by atoms with van der Waals surface area (Å²) < 4.78 is 43.5. The van der Waals surface area contributed by atoms with E-state index in [2.05, 4.69) is 49.4 Å². The van der Waals surface area contributed by atoms with Crippen molar-refractivity contribution in [1.82, 2.24) is 29.4 Å². The van der Waals surface area contributed by atoms with E-state index in [9.17, 15) is 18.0 Å². The summed E-state index contributed by atoms with van der Waals surface area (Å²) in [5, 5.41) is 9.58. The molecular formula is C30H32F3N9O. The Labute approximate surface area is 247 Å². The van der Waals surface area contributed by atoms with Gasteiger partial charge in [-0.3, -0.25) is 10.2 Å². The number of piperazine rings is 1. The highest BCUT2D eigenvalue weighted by molar-refractivity contribution is 5.99. The molecule has 0 saturated carbocycles. The van der Waals surface area contributed by atoms with Gasteiger partial charge in [-0.1, -0.05) is 18.9 Å². The third-order valence-electron chi connectivity index (χ3n) is 7.12. The molecule has 43 heavy (non-hydrogen) atoms. The number of pyridine rings is 1. The monoisotopic (exact) mass is 591 g/mol. The molecule has 4 aromatic rings. The van der Waals surface area contributed by atoms with E-state index in [1.54, 1.807) is 22.8 Å². The van der Waals surface area contributed by atoms with Crippen LogP contribution in [-0.4, -0.2) is 82.2 Å². The van der Waals surface area contributed by atoms with Crippen LogP contribution in [-0.2, 0) is 12.7 Å². The van der Waals surface area contributed by atoms with Crippen LogP contribution in [0.3, 0.4) is 0 Å². The van der Waals surface area contributed by atoms with Crippen molar-refractivity contribution in [2.45, 2.75) is 19.6 Å². The van der Waals surface area contributed by atoms with Gasteiger partial charge >= 0.3 is 12.2 Å². The van der Waals surface area contributed by atoms with Crippen LogP contribution >= 0.6 is 0 Å². The van der Waals surface area contributed by atoms with Gasteiger partial charge in [-0.15, -0.1) is 5.10 Å². The van der Waals surface area contributed by atoms with Gasteiger partial charge in [0.1, 0.15) is 17.3 Å². The summed E-state index contributed by atoms with van der Waals surface area (Å²) in [5.74, 6) is 6.98. The number of aromatic nitrogens is 4. The number of carbonyl (C=O) groups excluding carboxylic acids is 1. The van der Waals surface area contributed by atoms with E-state index in [0.29, 0.717) is 30.0 Å². The lowest BCUT2D eigenvalue weighted by molar-refractivity contribution is -0.138. The minimum absolute atomic E-state index is 0.0255. The third kappa shape index (κ3) is 7.40. The third-order valence-corrected chi connectivity index (χ3v) is 7.12. The van der Waals surface area contributed by atoms with E-state index < -0.39 is 17.8 Å². The Hall–Kier alpha value is -4.67. The van der Waals surface area contributed by atoms with Gasteiger partial charge in [-0.25, -0.2) is 19.3 Å². The molecule has 10 nitrogen and oxygen atoms in total. The number of anilines is 3. The zero-order valence-corrected chi connectivity index (χ0v) is 24.1. The summed E-state index contributed by atoms with van der Waals surface area (Å²) in [6.07, 6.45) is -1.46. The zero-order valence-electron chi connectivity index (χ0n) is 24.1. The molecule has 1 aromatic carbocycles. The number of rotatable bonds is 6. The van der Waals surface area contributed by atoms with E-state index in [1.807, 2.05) is 36.0 Å². The fourth-order valence-electron chi connectivity index (χ4n) is 4.74. The van der Waals surface area contributed by atoms with Crippen LogP contribution in [0.25, 0.3) is 5.65 Å². The standard InChI is InChI=1S/C30H32F3N9O/c1-4-40-13-15-41(16-14-40)20-22-6-7-23(18-25(22)30(31,32)33)36-29(43)37-26-17-21(11-12-34-26)5-8-24-19-35-27-9-10-28(39(2)3)38-42(24)27/h6-7,9-12,17-19H,4,13-16,20H2,1-3H3,(H2,34,36,37,43). The lowest BCUT2D eigenvalue weighted by Gasteiger charge is -2.34. The largest absolute Gasteiger partial charge is 0.416 e. The van der Waals surface area contributed by atoms with Gasteiger partial charge in [0, 0.05) is 64.3 Å². The first-order chi connectivity index (χ1) is 20.6. The summed E-state index contributed by atoms with van der Waals surface area (Å²) in [6, 6.07) is 10.1. The number of nitrogens with one attached hydrogen (secondary N) is 2. The summed E-state index contributed by atoms with van der Waals surface area (Å²) in [4.78, 5) is 27.3. The maximum atomic E-state index is 14.0. The first kappa shape index (κ1) is 29.8. The second-order valence-corrected chi connectivity index (χ2v) is 10.3. The Morgan fingerprint density at radius 2 is 1.74 bits per heavy atom. The molecule has 0 bridgehead atoms. The highest BCUT2D eigenvalue weighted by Crippen LogP contribution is 2.34. The number of fused-ring (bicyclic) bond motifs is 1. The molecule has 224 valence electrons. The molecule has 3 aromatic heterocycles. The van der Waals surface area contributed by atoms with E-state index in [4.69, 9.17) is 0 Å². The highest BCUT2D eigenvalue weighted by atomic mass is 19.4. The Kier molecular flexibility index (Phi) is 8.79. The minimum atomic E-state index is -4.56. The zero-order chi connectivity index (χ0) is 30.6. The number of amides is 2. The number of imidazole rings is 1. The van der Waals surface area contributed by atoms with Crippen LogP contribution in [0.1, 0.15) is 29.3 Å². The van der Waals surface area contributed by atoms with Crippen LogP contribution < -0.4 is 15.5 Å². The molecule has 4 heterocycles. The number of benzene rings is 1. The number of hydrogen-bond acceptors (Lipinski definition) is 7. The van der Waals surface area contributed by atoms with Gasteiger partial charge in [0.2, 0.25) is 0 Å². The summed E-state index contributed by atoms with van der Waals surface area (Å²) in [7, 11) is 3.78. The fraction of sp³-hybridized carbons (Fsp3) is 0.333. The molecule has 0 radical (unpaired) electrons. The lowest BCUT2D eigenvalue weighted by atomic mass is 10.0. The average molecular weight is 592 g/mol. The first-order valence-corrected chi connectivity index (χ1v) is 13.8. The van der Waals surface area contributed by atoms with Gasteiger partial charge in [-0.05, 0) is 54.4 Å². The van der Waals surface area contributed by atoms with Crippen molar-refractivity contribution < 1.29 is 18.0 Å². The summed E-state index contributed by atoms with van der Waals surface area (Å²) in [5.41, 5.74) is 1.23. The molecule has 5 rings (SSSR count).